The molecule has 1 unspecified atom stereocenters. The molecule has 0 aliphatic carbocycles. The van der Waals surface area contributed by atoms with Crippen LogP contribution in [0.15, 0.2) is 36.5 Å². The molecule has 0 amide bonds. The number of aryl methyl sites for hydroxylation is 1. The smallest absolute Gasteiger partial charge is 0.311 e. The molecule has 0 saturated heterocycles. The number of pyridine rings is 1. The summed E-state index contributed by atoms with van der Waals surface area (Å²) in [7, 11) is 0. The van der Waals surface area contributed by atoms with Crippen LogP contribution in [0.4, 0.5) is 5.69 Å². The summed E-state index contributed by atoms with van der Waals surface area (Å²) in [5, 5.41) is 11.2. The fourth-order valence-electron chi connectivity index (χ4n) is 1.95. The molecule has 21 heavy (non-hydrogen) atoms. The summed E-state index contributed by atoms with van der Waals surface area (Å²) >= 11 is 0. The molecule has 1 aromatic heterocycles. The third-order valence-electron chi connectivity index (χ3n) is 3.13. The summed E-state index contributed by atoms with van der Waals surface area (Å²) in [5.74, 6) is 0.456. The van der Waals surface area contributed by atoms with E-state index < -0.39 is 4.92 Å². The van der Waals surface area contributed by atoms with Crippen LogP contribution in [0, 0.1) is 10.1 Å². The Balaban J connectivity index is 2.42. The normalized spacial score (nSPS) is 12.0. The van der Waals surface area contributed by atoms with E-state index in [4.69, 9.17) is 10.5 Å². The first-order valence-corrected chi connectivity index (χ1v) is 6.68. The van der Waals surface area contributed by atoms with E-state index in [2.05, 4.69) is 4.98 Å². The third-order valence-corrected chi connectivity index (χ3v) is 3.13. The maximum atomic E-state index is 11.2. The highest BCUT2D eigenvalue weighted by Crippen LogP contribution is 2.33. The van der Waals surface area contributed by atoms with E-state index in [1.54, 1.807) is 37.4 Å². The van der Waals surface area contributed by atoms with Crippen LogP contribution >= 0.6 is 0 Å². The van der Waals surface area contributed by atoms with Crippen molar-refractivity contribution in [1.29, 1.82) is 0 Å². The maximum absolute atomic E-state index is 11.2. The molecule has 2 N–H and O–H groups in total. The van der Waals surface area contributed by atoms with Gasteiger partial charge < -0.3 is 10.5 Å². The zero-order valence-electron chi connectivity index (χ0n) is 11.9. The second-order valence-electron chi connectivity index (χ2n) is 4.70. The summed E-state index contributed by atoms with van der Waals surface area (Å²) in [6.45, 7) is 3.74. The van der Waals surface area contributed by atoms with Crippen LogP contribution < -0.4 is 10.5 Å². The monoisotopic (exact) mass is 287 g/mol. The van der Waals surface area contributed by atoms with Gasteiger partial charge in [0.25, 0.3) is 0 Å². The van der Waals surface area contributed by atoms with Crippen molar-refractivity contribution < 1.29 is 9.66 Å². The lowest BCUT2D eigenvalue weighted by Gasteiger charge is -2.12. The first kappa shape index (κ1) is 14.9. The van der Waals surface area contributed by atoms with Gasteiger partial charge in [0.2, 0.25) is 11.6 Å². The number of nitro benzene ring substituents is 1. The quantitative estimate of drug-likeness (QED) is 0.672. The van der Waals surface area contributed by atoms with Crippen molar-refractivity contribution in [2.24, 2.45) is 5.73 Å². The van der Waals surface area contributed by atoms with E-state index in [1.165, 1.54) is 6.07 Å². The first-order valence-electron chi connectivity index (χ1n) is 6.68. The van der Waals surface area contributed by atoms with Crippen molar-refractivity contribution in [2.75, 3.05) is 0 Å². The minimum absolute atomic E-state index is 0.0735. The van der Waals surface area contributed by atoms with Gasteiger partial charge in [-0.3, -0.25) is 10.1 Å². The number of nitro groups is 1. The standard InChI is InChI=1S/C15H17N3O3/c1-3-11-6-7-14(13(9-11)18(19)20)21-15-12(10(2)16)5-4-8-17-15/h4-10H,3,16H2,1-2H3. The maximum Gasteiger partial charge on any atom is 0.311 e. The molecule has 0 fully saturated rings. The lowest BCUT2D eigenvalue weighted by atomic mass is 10.1. The Morgan fingerprint density at radius 3 is 2.81 bits per heavy atom. The number of nitrogens with two attached hydrogens (primary N) is 1. The van der Waals surface area contributed by atoms with E-state index in [-0.39, 0.29) is 17.5 Å². The van der Waals surface area contributed by atoms with Crippen LogP contribution in [-0.2, 0) is 6.42 Å². The summed E-state index contributed by atoms with van der Waals surface area (Å²) in [6, 6.07) is 8.18. The predicted molar refractivity (Wildman–Crippen MR) is 79.4 cm³/mol. The molecule has 0 bridgehead atoms. The Kier molecular flexibility index (Phi) is 4.49. The summed E-state index contributed by atoms with van der Waals surface area (Å²) < 4.78 is 5.63. The van der Waals surface area contributed by atoms with Crippen molar-refractivity contribution in [2.45, 2.75) is 26.3 Å². The average molecular weight is 287 g/mol. The summed E-state index contributed by atoms with van der Waals surface area (Å²) in [4.78, 5) is 14.8. The summed E-state index contributed by atoms with van der Waals surface area (Å²) in [6.07, 6.45) is 2.28. The van der Waals surface area contributed by atoms with Crippen molar-refractivity contribution in [3.05, 3.63) is 57.8 Å². The van der Waals surface area contributed by atoms with Gasteiger partial charge in [0.15, 0.2) is 0 Å². The van der Waals surface area contributed by atoms with Crippen LogP contribution in [0.3, 0.4) is 0 Å². The fourth-order valence-corrected chi connectivity index (χ4v) is 1.95. The Hall–Kier alpha value is -2.47. The highest BCUT2D eigenvalue weighted by molar-refractivity contribution is 5.50. The molecule has 6 nitrogen and oxygen atoms in total. The van der Waals surface area contributed by atoms with E-state index in [9.17, 15) is 10.1 Å². The van der Waals surface area contributed by atoms with E-state index >= 15 is 0 Å². The lowest BCUT2D eigenvalue weighted by molar-refractivity contribution is -0.385. The van der Waals surface area contributed by atoms with Crippen molar-refractivity contribution >= 4 is 5.69 Å². The Morgan fingerprint density at radius 1 is 1.43 bits per heavy atom. The van der Waals surface area contributed by atoms with Crippen molar-refractivity contribution in [3.8, 4) is 11.6 Å². The number of benzene rings is 1. The summed E-state index contributed by atoms with van der Waals surface area (Å²) in [5.41, 5.74) is 7.36. The molecule has 0 radical (unpaired) electrons. The first-order chi connectivity index (χ1) is 10.0. The van der Waals surface area contributed by atoms with Gasteiger partial charge in [0, 0.05) is 23.9 Å². The second-order valence-corrected chi connectivity index (χ2v) is 4.70. The SMILES string of the molecule is CCc1ccc(Oc2ncccc2C(C)N)c([N+](=O)[O-])c1. The number of nitrogens with zero attached hydrogens (tertiary/aromatic N) is 2. The van der Waals surface area contributed by atoms with E-state index in [0.29, 0.717) is 11.4 Å². The van der Waals surface area contributed by atoms with Gasteiger partial charge in [0.1, 0.15) is 0 Å². The Bertz CT molecular complexity index is 656. The molecule has 6 heteroatoms. The zero-order valence-corrected chi connectivity index (χ0v) is 11.9. The molecule has 0 aliphatic rings. The van der Waals surface area contributed by atoms with Crippen LogP contribution in [-0.4, -0.2) is 9.91 Å². The molecular weight excluding hydrogens is 270 g/mol. The van der Waals surface area contributed by atoms with Crippen LogP contribution in [0.1, 0.15) is 31.0 Å². The number of rotatable bonds is 5. The van der Waals surface area contributed by atoms with Crippen LogP contribution in [0.25, 0.3) is 0 Å². The number of ether oxygens (including phenoxy) is 1. The van der Waals surface area contributed by atoms with Gasteiger partial charge in [-0.05, 0) is 31.0 Å². The second kappa shape index (κ2) is 6.32. The third kappa shape index (κ3) is 3.35. The molecule has 0 saturated carbocycles. The van der Waals surface area contributed by atoms with E-state index in [1.807, 2.05) is 6.92 Å². The minimum Gasteiger partial charge on any atom is -0.431 e. The molecule has 1 heterocycles. The molecule has 110 valence electrons. The van der Waals surface area contributed by atoms with Gasteiger partial charge >= 0.3 is 5.69 Å². The molecule has 0 aliphatic heterocycles. The van der Waals surface area contributed by atoms with E-state index in [0.717, 1.165) is 12.0 Å². The molecule has 1 aromatic carbocycles. The van der Waals surface area contributed by atoms with Crippen molar-refractivity contribution in [1.82, 2.24) is 4.98 Å². The number of hydrogen-bond acceptors (Lipinski definition) is 5. The lowest BCUT2D eigenvalue weighted by Crippen LogP contribution is -2.08. The largest absolute Gasteiger partial charge is 0.431 e. The van der Waals surface area contributed by atoms with Gasteiger partial charge in [-0.2, -0.15) is 0 Å². The van der Waals surface area contributed by atoms with Crippen molar-refractivity contribution in [3.63, 3.8) is 0 Å². The molecule has 0 spiro atoms. The van der Waals surface area contributed by atoms with Gasteiger partial charge in [0.05, 0.1) is 4.92 Å². The topological polar surface area (TPSA) is 91.3 Å². The number of hydrogen-bond donors (Lipinski definition) is 1. The Morgan fingerprint density at radius 2 is 2.19 bits per heavy atom. The zero-order chi connectivity index (χ0) is 15.4. The predicted octanol–water partition coefficient (Wildman–Crippen LogP) is 3.36. The van der Waals surface area contributed by atoms with Gasteiger partial charge in [-0.1, -0.05) is 19.1 Å². The number of aromatic nitrogens is 1. The molecular formula is C15H17N3O3. The van der Waals surface area contributed by atoms with Gasteiger partial charge in [-0.25, -0.2) is 4.98 Å². The molecule has 2 rings (SSSR count). The average Bonchev–Trinajstić information content (AvgIpc) is 2.47. The minimum atomic E-state index is -0.455. The van der Waals surface area contributed by atoms with Gasteiger partial charge in [-0.15, -0.1) is 0 Å². The van der Waals surface area contributed by atoms with Crippen LogP contribution in [0.2, 0.25) is 0 Å². The molecule has 1 atom stereocenters. The van der Waals surface area contributed by atoms with Crippen LogP contribution in [0.5, 0.6) is 11.6 Å². The highest BCUT2D eigenvalue weighted by Gasteiger charge is 2.19. The highest BCUT2D eigenvalue weighted by atomic mass is 16.6. The molecule has 2 aromatic rings. The Labute approximate surface area is 122 Å². The fraction of sp³-hybridized carbons (Fsp3) is 0.267.